The molecule has 0 aliphatic rings. The van der Waals surface area contributed by atoms with Gasteiger partial charge in [-0.15, -0.1) is 0 Å². The van der Waals surface area contributed by atoms with E-state index in [9.17, 15) is 23.5 Å². The molecule has 2 aromatic carbocycles. The molecular weight excluding hydrogens is 308 g/mol. The number of carbonyl (C=O) groups excluding carboxylic acids is 1. The SMILES string of the molecule is COc1ccc(C(NC(=O)c2cc(F)cc(F)c2)C(=O)O)cc1. The number of amides is 1. The number of carbonyl (C=O) groups is 2. The molecule has 0 heterocycles. The number of benzene rings is 2. The highest BCUT2D eigenvalue weighted by molar-refractivity contribution is 5.96. The summed E-state index contributed by atoms with van der Waals surface area (Å²) in [4.78, 5) is 23.4. The van der Waals surface area contributed by atoms with Gasteiger partial charge in [0.05, 0.1) is 7.11 Å². The van der Waals surface area contributed by atoms with Crippen LogP contribution in [0, 0.1) is 11.6 Å². The van der Waals surface area contributed by atoms with E-state index >= 15 is 0 Å². The van der Waals surface area contributed by atoms with Crippen LogP contribution in [-0.4, -0.2) is 24.1 Å². The largest absolute Gasteiger partial charge is 0.497 e. The number of nitrogens with one attached hydrogen (secondary N) is 1. The van der Waals surface area contributed by atoms with Crippen molar-refractivity contribution in [2.45, 2.75) is 6.04 Å². The Hall–Kier alpha value is -2.96. The molecule has 2 aromatic rings. The fraction of sp³-hybridized carbons (Fsp3) is 0.125. The van der Waals surface area contributed by atoms with Crippen LogP contribution in [0.4, 0.5) is 8.78 Å². The van der Waals surface area contributed by atoms with E-state index in [0.717, 1.165) is 12.1 Å². The molecule has 1 unspecified atom stereocenters. The Bertz CT molecular complexity index is 711. The number of hydrogen-bond acceptors (Lipinski definition) is 3. The zero-order valence-corrected chi connectivity index (χ0v) is 12.0. The number of hydrogen-bond donors (Lipinski definition) is 2. The molecule has 0 aliphatic carbocycles. The zero-order valence-electron chi connectivity index (χ0n) is 12.0. The third kappa shape index (κ3) is 4.03. The predicted molar refractivity (Wildman–Crippen MR) is 77.2 cm³/mol. The minimum absolute atomic E-state index is 0.295. The minimum Gasteiger partial charge on any atom is -0.497 e. The van der Waals surface area contributed by atoms with Gasteiger partial charge in [0.1, 0.15) is 17.4 Å². The lowest BCUT2D eigenvalue weighted by atomic mass is 10.1. The van der Waals surface area contributed by atoms with Crippen molar-refractivity contribution >= 4 is 11.9 Å². The standard InChI is InChI=1S/C16H13F2NO4/c1-23-13-4-2-9(3-5-13)14(16(21)22)19-15(20)10-6-11(17)8-12(18)7-10/h2-8,14H,1H3,(H,19,20)(H,21,22). The Kier molecular flexibility index (Phi) is 4.90. The summed E-state index contributed by atoms with van der Waals surface area (Å²) in [5.74, 6) is -3.53. The van der Waals surface area contributed by atoms with Gasteiger partial charge in [-0.25, -0.2) is 13.6 Å². The molecule has 2 N–H and O–H groups in total. The van der Waals surface area contributed by atoms with Crippen LogP contribution in [0.1, 0.15) is 22.0 Å². The molecule has 2 rings (SSSR count). The van der Waals surface area contributed by atoms with Crippen molar-refractivity contribution < 1.29 is 28.2 Å². The van der Waals surface area contributed by atoms with Crippen LogP contribution in [0.5, 0.6) is 5.75 Å². The topological polar surface area (TPSA) is 75.6 Å². The molecule has 0 aliphatic heterocycles. The maximum atomic E-state index is 13.1. The normalized spacial score (nSPS) is 11.6. The minimum atomic E-state index is -1.36. The molecule has 0 bridgehead atoms. The highest BCUT2D eigenvalue weighted by Gasteiger charge is 2.23. The van der Waals surface area contributed by atoms with E-state index in [-0.39, 0.29) is 5.56 Å². The second-order valence-electron chi connectivity index (χ2n) is 4.68. The van der Waals surface area contributed by atoms with E-state index in [4.69, 9.17) is 4.74 Å². The summed E-state index contributed by atoms with van der Waals surface area (Å²) in [5, 5.41) is 11.5. The van der Waals surface area contributed by atoms with Gasteiger partial charge < -0.3 is 15.2 Å². The third-order valence-electron chi connectivity index (χ3n) is 3.10. The molecule has 5 nitrogen and oxygen atoms in total. The Balaban J connectivity index is 2.24. The van der Waals surface area contributed by atoms with Crippen LogP contribution >= 0.6 is 0 Å². The van der Waals surface area contributed by atoms with Crippen LogP contribution in [-0.2, 0) is 4.79 Å². The molecule has 7 heteroatoms. The van der Waals surface area contributed by atoms with Gasteiger partial charge in [0.15, 0.2) is 6.04 Å². The molecule has 1 atom stereocenters. The first-order valence-corrected chi connectivity index (χ1v) is 6.54. The first-order chi connectivity index (χ1) is 10.9. The number of carboxylic acid groups (broad SMARTS) is 1. The van der Waals surface area contributed by atoms with E-state index in [1.165, 1.54) is 19.2 Å². The van der Waals surface area contributed by atoms with Gasteiger partial charge in [0.25, 0.3) is 5.91 Å². The Morgan fingerprint density at radius 3 is 2.13 bits per heavy atom. The molecular formula is C16H13F2NO4. The lowest BCUT2D eigenvalue weighted by molar-refractivity contribution is -0.139. The van der Waals surface area contributed by atoms with E-state index in [1.54, 1.807) is 12.1 Å². The molecule has 0 spiro atoms. The molecule has 0 saturated carbocycles. The maximum Gasteiger partial charge on any atom is 0.330 e. The van der Waals surface area contributed by atoms with Crippen LogP contribution in [0.25, 0.3) is 0 Å². The zero-order chi connectivity index (χ0) is 17.0. The highest BCUT2D eigenvalue weighted by Crippen LogP contribution is 2.19. The van der Waals surface area contributed by atoms with Crippen molar-refractivity contribution in [2.24, 2.45) is 0 Å². The van der Waals surface area contributed by atoms with E-state index in [2.05, 4.69) is 5.32 Å². The first-order valence-electron chi connectivity index (χ1n) is 6.54. The van der Waals surface area contributed by atoms with Crippen LogP contribution in [0.15, 0.2) is 42.5 Å². The van der Waals surface area contributed by atoms with Gasteiger partial charge in [-0.05, 0) is 29.8 Å². The smallest absolute Gasteiger partial charge is 0.330 e. The summed E-state index contributed by atoms with van der Waals surface area (Å²) in [7, 11) is 1.46. The van der Waals surface area contributed by atoms with Crippen LogP contribution in [0.2, 0.25) is 0 Å². The van der Waals surface area contributed by atoms with Gasteiger partial charge in [0, 0.05) is 11.6 Å². The summed E-state index contributed by atoms with van der Waals surface area (Å²) in [6.07, 6.45) is 0. The molecule has 0 saturated heterocycles. The molecule has 0 aromatic heterocycles. The van der Waals surface area contributed by atoms with Gasteiger partial charge in [-0.1, -0.05) is 12.1 Å². The van der Waals surface area contributed by atoms with Crippen molar-refractivity contribution in [1.82, 2.24) is 5.32 Å². The summed E-state index contributed by atoms with van der Waals surface area (Å²) >= 11 is 0. The molecule has 0 fully saturated rings. The second kappa shape index (κ2) is 6.87. The van der Waals surface area contributed by atoms with E-state index < -0.39 is 29.6 Å². The highest BCUT2D eigenvalue weighted by atomic mass is 19.1. The average molecular weight is 321 g/mol. The molecule has 23 heavy (non-hydrogen) atoms. The van der Waals surface area contributed by atoms with Crippen molar-refractivity contribution in [3.05, 3.63) is 65.2 Å². The van der Waals surface area contributed by atoms with Gasteiger partial charge in [-0.3, -0.25) is 4.79 Å². The summed E-state index contributed by atoms with van der Waals surface area (Å²) in [6, 6.07) is 6.94. The summed E-state index contributed by atoms with van der Waals surface area (Å²) in [6.45, 7) is 0. The van der Waals surface area contributed by atoms with E-state index in [1.807, 2.05) is 0 Å². The Labute approximate surface area is 130 Å². The van der Waals surface area contributed by atoms with Crippen LogP contribution < -0.4 is 10.1 Å². The number of halogens is 2. The lowest BCUT2D eigenvalue weighted by Gasteiger charge is -2.15. The number of methoxy groups -OCH3 is 1. The van der Waals surface area contributed by atoms with Gasteiger partial charge >= 0.3 is 5.97 Å². The number of carboxylic acids is 1. The maximum absolute atomic E-state index is 13.1. The van der Waals surface area contributed by atoms with Crippen LogP contribution in [0.3, 0.4) is 0 Å². The lowest BCUT2D eigenvalue weighted by Crippen LogP contribution is -2.33. The first kappa shape index (κ1) is 16.4. The average Bonchev–Trinajstić information content (AvgIpc) is 2.51. The predicted octanol–water partition coefficient (Wildman–Crippen LogP) is 2.53. The Morgan fingerprint density at radius 1 is 1.09 bits per heavy atom. The fourth-order valence-corrected chi connectivity index (χ4v) is 1.98. The van der Waals surface area contributed by atoms with E-state index in [0.29, 0.717) is 17.4 Å². The van der Waals surface area contributed by atoms with Gasteiger partial charge in [0.2, 0.25) is 0 Å². The van der Waals surface area contributed by atoms with Gasteiger partial charge in [-0.2, -0.15) is 0 Å². The van der Waals surface area contributed by atoms with Crippen molar-refractivity contribution in [3.63, 3.8) is 0 Å². The number of ether oxygens (including phenoxy) is 1. The van der Waals surface area contributed by atoms with Crippen molar-refractivity contribution in [2.75, 3.05) is 7.11 Å². The quantitative estimate of drug-likeness (QED) is 0.887. The number of aliphatic carboxylic acids is 1. The molecule has 1 amide bonds. The monoisotopic (exact) mass is 321 g/mol. The third-order valence-corrected chi connectivity index (χ3v) is 3.10. The summed E-state index contributed by atoms with van der Waals surface area (Å²) < 4.78 is 31.2. The number of rotatable bonds is 5. The second-order valence-corrected chi connectivity index (χ2v) is 4.68. The van der Waals surface area contributed by atoms with Crippen molar-refractivity contribution in [1.29, 1.82) is 0 Å². The summed E-state index contributed by atoms with van der Waals surface area (Å²) in [5.41, 5.74) is -0.00853. The fourth-order valence-electron chi connectivity index (χ4n) is 1.98. The van der Waals surface area contributed by atoms with Crippen molar-refractivity contribution in [3.8, 4) is 5.75 Å². The molecule has 0 radical (unpaired) electrons. The molecule has 120 valence electrons. The Morgan fingerprint density at radius 2 is 1.65 bits per heavy atom.